The van der Waals surface area contributed by atoms with Crippen molar-refractivity contribution in [2.24, 2.45) is 0 Å². The fourth-order valence-electron chi connectivity index (χ4n) is 4.33. The second-order valence-corrected chi connectivity index (χ2v) is 9.30. The summed E-state index contributed by atoms with van der Waals surface area (Å²) in [5.41, 5.74) is 2.67. The van der Waals surface area contributed by atoms with Gasteiger partial charge in [0.25, 0.3) is 0 Å². The number of phenols is 1. The summed E-state index contributed by atoms with van der Waals surface area (Å²) in [4.78, 5) is 2.35. The second kappa shape index (κ2) is 7.58. The van der Waals surface area contributed by atoms with Crippen LogP contribution >= 0.6 is 15.9 Å². The maximum absolute atomic E-state index is 10.7. The number of hydrogen-bond donors (Lipinski definition) is 2. The molecule has 2 aromatic carbocycles. The smallest absolute Gasteiger partial charge is 0.156 e. The van der Waals surface area contributed by atoms with Gasteiger partial charge in [-0.05, 0) is 75.0 Å². The monoisotopic (exact) mass is 452 g/mol. The number of rotatable bonds is 4. The zero-order valence-corrected chi connectivity index (χ0v) is 18.1. The molecular weight excluding hydrogens is 428 g/mol. The van der Waals surface area contributed by atoms with Crippen molar-refractivity contribution < 1.29 is 5.11 Å². The van der Waals surface area contributed by atoms with Crippen LogP contribution in [0.2, 0.25) is 0 Å². The first-order valence-electron chi connectivity index (χ1n) is 10.3. The largest absolute Gasteiger partial charge is 0.507 e. The quantitative estimate of drug-likeness (QED) is 0.572. The van der Waals surface area contributed by atoms with Crippen LogP contribution in [0.5, 0.6) is 5.75 Å². The number of halogens is 1. The van der Waals surface area contributed by atoms with Crippen LogP contribution in [-0.2, 0) is 0 Å². The molecule has 2 fully saturated rings. The number of nitrogens with zero attached hydrogens (tertiary/aromatic N) is 3. The first-order chi connectivity index (χ1) is 14.1. The number of benzene rings is 2. The molecule has 0 unspecified atom stereocenters. The van der Waals surface area contributed by atoms with E-state index in [1.54, 1.807) is 0 Å². The summed E-state index contributed by atoms with van der Waals surface area (Å²) in [6.45, 7) is 2.15. The molecule has 29 heavy (non-hydrogen) atoms. The van der Waals surface area contributed by atoms with Gasteiger partial charge in [0.05, 0.1) is 0 Å². The molecule has 1 aromatic heterocycles. The predicted octanol–water partition coefficient (Wildman–Crippen LogP) is 5.15. The highest BCUT2D eigenvalue weighted by atomic mass is 79.9. The Morgan fingerprint density at radius 2 is 1.93 bits per heavy atom. The third-order valence-corrected chi connectivity index (χ3v) is 6.53. The summed E-state index contributed by atoms with van der Waals surface area (Å²) in [5.74, 6) is 1.69. The summed E-state index contributed by atoms with van der Waals surface area (Å²) >= 11 is 3.60. The van der Waals surface area contributed by atoms with Crippen molar-refractivity contribution in [2.75, 3.05) is 25.5 Å². The standard InChI is InChI=1S/C23H25BrN4O/c1-28-10-2-3-17(13-28)25-23-20-12-16(24)7-9-18(20)22(26-27-23)19-8-6-15(11-21(19)29)14-4-5-14/h6-9,11-12,14,17,29H,2-5,10,13H2,1H3,(H,25,27)/t17-/m1/s1. The number of piperidine rings is 1. The van der Waals surface area contributed by atoms with E-state index >= 15 is 0 Å². The van der Waals surface area contributed by atoms with Crippen molar-refractivity contribution in [1.29, 1.82) is 0 Å². The number of aromatic nitrogens is 2. The fraction of sp³-hybridized carbons (Fsp3) is 0.391. The highest BCUT2D eigenvalue weighted by Crippen LogP contribution is 2.43. The van der Waals surface area contributed by atoms with E-state index in [4.69, 9.17) is 0 Å². The normalized spacial score (nSPS) is 20.1. The lowest BCUT2D eigenvalue weighted by atomic mass is 10.0. The minimum Gasteiger partial charge on any atom is -0.507 e. The highest BCUT2D eigenvalue weighted by molar-refractivity contribution is 9.10. The van der Waals surface area contributed by atoms with Crippen LogP contribution in [0.4, 0.5) is 5.82 Å². The van der Waals surface area contributed by atoms with Crippen molar-refractivity contribution in [3.63, 3.8) is 0 Å². The van der Waals surface area contributed by atoms with E-state index in [9.17, 15) is 5.11 Å². The third-order valence-electron chi connectivity index (χ3n) is 6.03. The van der Waals surface area contributed by atoms with Gasteiger partial charge in [-0.15, -0.1) is 10.2 Å². The molecule has 5 rings (SSSR count). The molecule has 2 aliphatic rings. The average molecular weight is 453 g/mol. The van der Waals surface area contributed by atoms with Gasteiger partial charge in [-0.1, -0.05) is 28.1 Å². The van der Waals surface area contributed by atoms with Crippen LogP contribution in [-0.4, -0.2) is 46.4 Å². The lowest BCUT2D eigenvalue weighted by Crippen LogP contribution is -2.40. The predicted molar refractivity (Wildman–Crippen MR) is 120 cm³/mol. The molecule has 1 aliphatic carbocycles. The first kappa shape index (κ1) is 18.8. The van der Waals surface area contributed by atoms with E-state index in [-0.39, 0.29) is 5.75 Å². The molecule has 150 valence electrons. The molecule has 3 aromatic rings. The number of likely N-dealkylation sites (tertiary alicyclic amines) is 1. The number of fused-ring (bicyclic) bond motifs is 1. The minimum atomic E-state index is 0.280. The van der Waals surface area contributed by atoms with Gasteiger partial charge in [0.15, 0.2) is 5.82 Å². The van der Waals surface area contributed by atoms with E-state index in [0.29, 0.717) is 12.0 Å². The van der Waals surface area contributed by atoms with Crippen LogP contribution in [0.15, 0.2) is 40.9 Å². The molecule has 2 heterocycles. The van der Waals surface area contributed by atoms with Gasteiger partial charge < -0.3 is 15.3 Å². The zero-order valence-electron chi connectivity index (χ0n) is 16.5. The molecule has 5 nitrogen and oxygen atoms in total. The molecule has 0 amide bonds. The Kier molecular flexibility index (Phi) is 4.92. The lowest BCUT2D eigenvalue weighted by molar-refractivity contribution is 0.261. The SMILES string of the molecule is CN1CCC[C@@H](Nc2nnc(-c3ccc(C4CC4)cc3O)c3ccc(Br)cc23)C1. The van der Waals surface area contributed by atoms with Crippen molar-refractivity contribution in [3.8, 4) is 17.0 Å². The van der Waals surface area contributed by atoms with Crippen LogP contribution in [0.1, 0.15) is 37.2 Å². The second-order valence-electron chi connectivity index (χ2n) is 8.38. The van der Waals surface area contributed by atoms with Crippen molar-refractivity contribution in [1.82, 2.24) is 15.1 Å². The number of phenolic OH excluding ortho intramolecular Hbond substituents is 1. The van der Waals surface area contributed by atoms with Crippen molar-refractivity contribution >= 4 is 32.5 Å². The van der Waals surface area contributed by atoms with Gasteiger partial charge in [0, 0.05) is 33.4 Å². The number of hydrogen-bond acceptors (Lipinski definition) is 5. The summed E-state index contributed by atoms with van der Waals surface area (Å²) < 4.78 is 1.00. The Bertz CT molecular complexity index is 1070. The maximum atomic E-state index is 10.7. The van der Waals surface area contributed by atoms with Crippen LogP contribution in [0, 0.1) is 0 Å². The Labute approximate surface area is 179 Å². The third kappa shape index (κ3) is 3.83. The van der Waals surface area contributed by atoms with Gasteiger partial charge >= 0.3 is 0 Å². The average Bonchev–Trinajstić information content (AvgIpc) is 3.54. The topological polar surface area (TPSA) is 61.3 Å². The number of anilines is 1. The van der Waals surface area contributed by atoms with Crippen molar-refractivity contribution in [3.05, 3.63) is 46.4 Å². The van der Waals surface area contributed by atoms with Gasteiger partial charge in [0.2, 0.25) is 0 Å². The van der Waals surface area contributed by atoms with E-state index in [1.807, 2.05) is 18.2 Å². The molecule has 1 saturated heterocycles. The molecule has 2 N–H and O–H groups in total. The number of aromatic hydroxyl groups is 1. The lowest BCUT2D eigenvalue weighted by Gasteiger charge is -2.30. The van der Waals surface area contributed by atoms with Crippen LogP contribution < -0.4 is 5.32 Å². The highest BCUT2D eigenvalue weighted by Gasteiger charge is 2.25. The molecule has 1 aliphatic heterocycles. The van der Waals surface area contributed by atoms with E-state index in [2.05, 4.69) is 61.6 Å². The fourth-order valence-corrected chi connectivity index (χ4v) is 4.69. The van der Waals surface area contributed by atoms with Gasteiger partial charge in [-0.2, -0.15) is 0 Å². The minimum absolute atomic E-state index is 0.280. The van der Waals surface area contributed by atoms with Gasteiger partial charge in [0.1, 0.15) is 11.4 Å². The molecule has 6 heteroatoms. The van der Waals surface area contributed by atoms with Crippen molar-refractivity contribution in [2.45, 2.75) is 37.6 Å². The number of nitrogens with one attached hydrogen (secondary N) is 1. The van der Waals surface area contributed by atoms with E-state index in [1.165, 1.54) is 24.8 Å². The Balaban J connectivity index is 1.56. The molecule has 1 saturated carbocycles. The summed E-state index contributed by atoms with van der Waals surface area (Å²) in [7, 11) is 2.16. The molecule has 0 radical (unpaired) electrons. The Morgan fingerprint density at radius 1 is 1.07 bits per heavy atom. The molecule has 0 spiro atoms. The Morgan fingerprint density at radius 3 is 2.69 bits per heavy atom. The zero-order chi connectivity index (χ0) is 20.0. The number of likely N-dealkylation sites (N-methyl/N-ethyl adjacent to an activating group) is 1. The Hall–Kier alpha value is -2.18. The first-order valence-corrected chi connectivity index (χ1v) is 11.1. The van der Waals surface area contributed by atoms with E-state index in [0.717, 1.165) is 51.8 Å². The van der Waals surface area contributed by atoms with E-state index < -0.39 is 0 Å². The van der Waals surface area contributed by atoms with Crippen LogP contribution in [0.25, 0.3) is 22.0 Å². The summed E-state index contributed by atoms with van der Waals surface area (Å²) in [5, 5.41) is 25.4. The summed E-state index contributed by atoms with van der Waals surface area (Å²) in [6, 6.07) is 12.5. The molecular formula is C23H25BrN4O. The molecule has 1 atom stereocenters. The van der Waals surface area contributed by atoms with Gasteiger partial charge in [-0.25, -0.2) is 0 Å². The summed E-state index contributed by atoms with van der Waals surface area (Å²) in [6.07, 6.45) is 4.74. The molecule has 0 bridgehead atoms. The van der Waals surface area contributed by atoms with Crippen LogP contribution in [0.3, 0.4) is 0 Å². The maximum Gasteiger partial charge on any atom is 0.156 e. The van der Waals surface area contributed by atoms with Gasteiger partial charge in [-0.3, -0.25) is 0 Å².